The summed E-state index contributed by atoms with van der Waals surface area (Å²) < 4.78 is 14.7. The van der Waals surface area contributed by atoms with Crippen molar-refractivity contribution in [1.82, 2.24) is 15.0 Å². The molecule has 0 aliphatic heterocycles. The normalized spacial score (nSPS) is 10.9. The summed E-state index contributed by atoms with van der Waals surface area (Å²) in [7, 11) is 0. The summed E-state index contributed by atoms with van der Waals surface area (Å²) in [5, 5.41) is 17.0. The van der Waals surface area contributed by atoms with Gasteiger partial charge >= 0.3 is 5.97 Å². The van der Waals surface area contributed by atoms with Gasteiger partial charge in [-0.3, -0.25) is 0 Å². The number of aromatic nitrogens is 3. The maximum Gasteiger partial charge on any atom is 0.335 e. The van der Waals surface area contributed by atoms with Crippen molar-refractivity contribution in [1.29, 1.82) is 0 Å². The molecule has 0 radical (unpaired) electrons. The van der Waals surface area contributed by atoms with Crippen LogP contribution in [0.4, 0.5) is 4.39 Å². The van der Waals surface area contributed by atoms with E-state index in [0.717, 1.165) is 0 Å². The van der Waals surface area contributed by atoms with Gasteiger partial charge in [0.05, 0.1) is 16.8 Å². The molecule has 0 saturated heterocycles. The molecular formula is C14H10FN3O2. The lowest BCUT2D eigenvalue weighted by atomic mass is 10.1. The number of rotatable bonds is 2. The highest BCUT2D eigenvalue weighted by molar-refractivity contribution is 5.92. The number of carbonyl (C=O) groups is 1. The van der Waals surface area contributed by atoms with E-state index in [1.54, 1.807) is 19.1 Å². The minimum absolute atomic E-state index is 0.154. The van der Waals surface area contributed by atoms with Crippen molar-refractivity contribution in [2.75, 3.05) is 0 Å². The number of benzene rings is 2. The maximum atomic E-state index is 13.2. The van der Waals surface area contributed by atoms with Gasteiger partial charge in [0, 0.05) is 0 Å². The van der Waals surface area contributed by atoms with Gasteiger partial charge in [0.15, 0.2) is 0 Å². The van der Waals surface area contributed by atoms with E-state index in [1.807, 2.05) is 0 Å². The first-order valence-electron chi connectivity index (χ1n) is 5.91. The van der Waals surface area contributed by atoms with Crippen LogP contribution in [0.25, 0.3) is 16.7 Å². The number of carboxylic acid groups (broad SMARTS) is 1. The Labute approximate surface area is 113 Å². The Kier molecular flexibility index (Phi) is 2.71. The molecule has 1 heterocycles. The summed E-state index contributed by atoms with van der Waals surface area (Å²) in [5.74, 6) is -1.35. The highest BCUT2D eigenvalue weighted by atomic mass is 19.1. The zero-order valence-electron chi connectivity index (χ0n) is 10.5. The molecule has 0 bridgehead atoms. The molecule has 20 heavy (non-hydrogen) atoms. The van der Waals surface area contributed by atoms with Crippen molar-refractivity contribution in [2.24, 2.45) is 0 Å². The molecule has 6 heteroatoms. The van der Waals surface area contributed by atoms with Crippen LogP contribution < -0.4 is 0 Å². The fraction of sp³-hybridized carbons (Fsp3) is 0.0714. The quantitative estimate of drug-likeness (QED) is 0.777. The monoisotopic (exact) mass is 271 g/mol. The lowest BCUT2D eigenvalue weighted by molar-refractivity contribution is 0.0697. The minimum atomic E-state index is -1.02. The lowest BCUT2D eigenvalue weighted by Crippen LogP contribution is -2.01. The Balaban J connectivity index is 2.25. The van der Waals surface area contributed by atoms with E-state index in [-0.39, 0.29) is 11.4 Å². The second-order valence-corrected chi connectivity index (χ2v) is 4.44. The van der Waals surface area contributed by atoms with Gasteiger partial charge < -0.3 is 5.11 Å². The standard InChI is InChI=1S/C14H10FN3O2/c1-8-6-10(15)3-5-12(8)18-13-7-9(14(19)20)2-4-11(13)16-17-18/h2-7H,1H3,(H,19,20). The maximum absolute atomic E-state index is 13.2. The number of hydrogen-bond acceptors (Lipinski definition) is 3. The van der Waals surface area contributed by atoms with Crippen LogP contribution in [-0.4, -0.2) is 26.1 Å². The van der Waals surface area contributed by atoms with E-state index < -0.39 is 5.97 Å². The van der Waals surface area contributed by atoms with Crippen LogP contribution in [0.2, 0.25) is 0 Å². The first kappa shape index (κ1) is 12.3. The van der Waals surface area contributed by atoms with Crippen LogP contribution in [0, 0.1) is 12.7 Å². The molecular weight excluding hydrogens is 261 g/mol. The van der Waals surface area contributed by atoms with Gasteiger partial charge in [-0.2, -0.15) is 0 Å². The molecule has 0 unspecified atom stereocenters. The van der Waals surface area contributed by atoms with E-state index in [4.69, 9.17) is 5.11 Å². The fourth-order valence-corrected chi connectivity index (χ4v) is 2.09. The van der Waals surface area contributed by atoms with E-state index in [2.05, 4.69) is 10.3 Å². The molecule has 100 valence electrons. The number of aryl methyl sites for hydroxylation is 1. The summed E-state index contributed by atoms with van der Waals surface area (Å²) in [6.45, 7) is 1.76. The van der Waals surface area contributed by atoms with Crippen LogP contribution in [-0.2, 0) is 0 Å². The predicted octanol–water partition coefficient (Wildman–Crippen LogP) is 2.57. The van der Waals surface area contributed by atoms with Crippen molar-refractivity contribution in [2.45, 2.75) is 6.92 Å². The van der Waals surface area contributed by atoms with Crippen molar-refractivity contribution in [3.8, 4) is 5.69 Å². The summed E-state index contributed by atoms with van der Waals surface area (Å²) >= 11 is 0. The van der Waals surface area contributed by atoms with Crippen LogP contribution in [0.3, 0.4) is 0 Å². The Hall–Kier alpha value is -2.76. The topological polar surface area (TPSA) is 68.0 Å². The molecule has 1 N–H and O–H groups in total. The molecule has 0 aliphatic carbocycles. The Morgan fingerprint density at radius 1 is 1.25 bits per heavy atom. The van der Waals surface area contributed by atoms with Crippen LogP contribution in [0.1, 0.15) is 15.9 Å². The smallest absolute Gasteiger partial charge is 0.335 e. The summed E-state index contributed by atoms with van der Waals surface area (Å²) in [5.41, 5.74) is 2.66. The van der Waals surface area contributed by atoms with E-state index in [9.17, 15) is 9.18 Å². The van der Waals surface area contributed by atoms with Gasteiger partial charge in [-0.1, -0.05) is 5.21 Å². The van der Waals surface area contributed by atoms with Gasteiger partial charge in [0.25, 0.3) is 0 Å². The van der Waals surface area contributed by atoms with Gasteiger partial charge in [0.2, 0.25) is 0 Å². The third kappa shape index (κ3) is 1.91. The number of aromatic carboxylic acids is 1. The SMILES string of the molecule is Cc1cc(F)ccc1-n1nnc2ccc(C(=O)O)cc21. The van der Waals surface area contributed by atoms with Gasteiger partial charge in [0.1, 0.15) is 11.3 Å². The molecule has 5 nitrogen and oxygen atoms in total. The van der Waals surface area contributed by atoms with Crippen molar-refractivity contribution < 1.29 is 14.3 Å². The van der Waals surface area contributed by atoms with E-state index in [1.165, 1.54) is 28.9 Å². The molecule has 0 spiro atoms. The van der Waals surface area contributed by atoms with Crippen molar-refractivity contribution >= 4 is 17.0 Å². The average molecular weight is 271 g/mol. The van der Waals surface area contributed by atoms with Crippen LogP contribution in [0.15, 0.2) is 36.4 Å². The molecule has 0 fully saturated rings. The molecule has 2 aromatic carbocycles. The molecule has 3 aromatic rings. The van der Waals surface area contributed by atoms with Gasteiger partial charge in [-0.25, -0.2) is 13.9 Å². The summed E-state index contributed by atoms with van der Waals surface area (Å²) in [4.78, 5) is 11.0. The number of carboxylic acids is 1. The van der Waals surface area contributed by atoms with Crippen molar-refractivity contribution in [3.63, 3.8) is 0 Å². The highest BCUT2D eigenvalue weighted by Crippen LogP contribution is 2.21. The van der Waals surface area contributed by atoms with E-state index >= 15 is 0 Å². The second kappa shape index (κ2) is 4.41. The number of halogens is 1. The van der Waals surface area contributed by atoms with E-state index in [0.29, 0.717) is 22.3 Å². The predicted molar refractivity (Wildman–Crippen MR) is 70.5 cm³/mol. The third-order valence-corrected chi connectivity index (χ3v) is 3.08. The first-order valence-corrected chi connectivity index (χ1v) is 5.91. The van der Waals surface area contributed by atoms with Crippen LogP contribution in [0.5, 0.6) is 0 Å². The lowest BCUT2D eigenvalue weighted by Gasteiger charge is -2.06. The largest absolute Gasteiger partial charge is 0.478 e. The van der Waals surface area contributed by atoms with Crippen LogP contribution >= 0.6 is 0 Å². The number of hydrogen-bond donors (Lipinski definition) is 1. The molecule has 1 aromatic heterocycles. The number of nitrogens with zero attached hydrogens (tertiary/aromatic N) is 3. The molecule has 0 atom stereocenters. The zero-order chi connectivity index (χ0) is 14.3. The molecule has 0 amide bonds. The minimum Gasteiger partial charge on any atom is -0.478 e. The summed E-state index contributed by atoms with van der Waals surface area (Å²) in [6, 6.07) is 8.88. The fourth-order valence-electron chi connectivity index (χ4n) is 2.09. The summed E-state index contributed by atoms with van der Waals surface area (Å²) in [6.07, 6.45) is 0. The second-order valence-electron chi connectivity index (χ2n) is 4.44. The molecule has 0 saturated carbocycles. The number of fused-ring (bicyclic) bond motifs is 1. The molecule has 3 rings (SSSR count). The van der Waals surface area contributed by atoms with Crippen molar-refractivity contribution in [3.05, 3.63) is 53.3 Å². The third-order valence-electron chi connectivity index (χ3n) is 3.08. The first-order chi connectivity index (χ1) is 9.56. The zero-order valence-corrected chi connectivity index (χ0v) is 10.5. The van der Waals surface area contributed by atoms with Gasteiger partial charge in [-0.15, -0.1) is 5.10 Å². The van der Waals surface area contributed by atoms with Gasteiger partial charge in [-0.05, 0) is 48.9 Å². The Morgan fingerprint density at radius 3 is 2.75 bits per heavy atom. The average Bonchev–Trinajstić information content (AvgIpc) is 2.81. The Morgan fingerprint density at radius 2 is 2.05 bits per heavy atom. The molecule has 0 aliphatic rings. The Bertz CT molecular complexity index is 826. The highest BCUT2D eigenvalue weighted by Gasteiger charge is 2.12.